The summed E-state index contributed by atoms with van der Waals surface area (Å²) in [4.78, 5) is 16.1. The number of aromatic amines is 1. The number of fused-ring (bicyclic) bond motifs is 3. The van der Waals surface area contributed by atoms with Gasteiger partial charge in [-0.15, -0.1) is 21.5 Å². The van der Waals surface area contributed by atoms with Gasteiger partial charge in [0.25, 0.3) is 0 Å². The van der Waals surface area contributed by atoms with Gasteiger partial charge < -0.3 is 4.90 Å². The summed E-state index contributed by atoms with van der Waals surface area (Å²) in [5.74, 6) is 2.48. The lowest BCUT2D eigenvalue weighted by atomic mass is 10.1. The van der Waals surface area contributed by atoms with Crippen molar-refractivity contribution in [2.75, 3.05) is 4.90 Å². The van der Waals surface area contributed by atoms with Crippen molar-refractivity contribution in [2.45, 2.75) is 26.3 Å². The van der Waals surface area contributed by atoms with Crippen molar-refractivity contribution in [3.8, 4) is 27.8 Å². The van der Waals surface area contributed by atoms with Crippen LogP contribution in [-0.2, 0) is 0 Å². The molecule has 0 aliphatic carbocycles. The highest BCUT2D eigenvalue weighted by Gasteiger charge is 2.36. The maximum absolute atomic E-state index is 13.7. The van der Waals surface area contributed by atoms with E-state index in [4.69, 9.17) is 4.98 Å². The molecule has 4 aromatic heterocycles. The first-order valence-corrected chi connectivity index (χ1v) is 11.3. The van der Waals surface area contributed by atoms with E-state index in [0.717, 1.165) is 45.7 Å². The molecule has 1 atom stereocenters. The summed E-state index contributed by atoms with van der Waals surface area (Å²) in [5, 5.41) is 18.7. The molecular weight excluding hydrogens is 441 g/mol. The lowest BCUT2D eigenvalue weighted by Gasteiger charge is -2.37. The van der Waals surface area contributed by atoms with Crippen molar-refractivity contribution in [3.05, 3.63) is 65.7 Å². The van der Waals surface area contributed by atoms with Crippen LogP contribution in [0, 0.1) is 12.7 Å². The predicted octanol–water partition coefficient (Wildman–Crippen LogP) is 4.62. The Balaban J connectivity index is 1.58. The molecule has 0 saturated carbocycles. The van der Waals surface area contributed by atoms with Gasteiger partial charge in [0.05, 0.1) is 24.0 Å². The average molecular weight is 460 g/mol. The molecule has 1 unspecified atom stereocenters. The number of anilines is 2. The standard InChI is InChI=1S/C22H18FN9S/c1-3-16-21-30-28-12(2)31(21)17-11-25-19(15-10-26-29-18(15)22-24-8-9-33-22)27-20(17)32(16)14-6-4-13(23)5-7-14/h4-11,16H,3H2,1-2H3,(H,26,29). The quantitative estimate of drug-likeness (QED) is 0.418. The van der Waals surface area contributed by atoms with Gasteiger partial charge in [-0.1, -0.05) is 6.92 Å². The van der Waals surface area contributed by atoms with Gasteiger partial charge in [0.15, 0.2) is 17.5 Å². The molecule has 9 nitrogen and oxygen atoms in total. The Morgan fingerprint density at radius 2 is 1.97 bits per heavy atom. The number of halogens is 1. The summed E-state index contributed by atoms with van der Waals surface area (Å²) < 4.78 is 15.7. The van der Waals surface area contributed by atoms with Crippen molar-refractivity contribution in [1.29, 1.82) is 0 Å². The molecule has 0 bridgehead atoms. The molecule has 1 aromatic carbocycles. The minimum absolute atomic E-state index is 0.130. The molecule has 164 valence electrons. The SMILES string of the molecule is CCC1c2nnc(C)n2-c2cnc(-c3cn[nH]c3-c3nccs3)nc2N1c1ccc(F)cc1. The Morgan fingerprint density at radius 3 is 2.73 bits per heavy atom. The lowest BCUT2D eigenvalue weighted by molar-refractivity contribution is 0.586. The highest BCUT2D eigenvalue weighted by atomic mass is 32.1. The molecule has 0 saturated heterocycles. The fourth-order valence-electron chi connectivity index (χ4n) is 4.22. The normalized spacial score (nSPS) is 14.9. The summed E-state index contributed by atoms with van der Waals surface area (Å²) in [6.07, 6.45) is 5.98. The zero-order valence-electron chi connectivity index (χ0n) is 17.8. The Labute approximate surface area is 192 Å². The van der Waals surface area contributed by atoms with Crippen molar-refractivity contribution in [2.24, 2.45) is 0 Å². The predicted molar refractivity (Wildman–Crippen MR) is 122 cm³/mol. The van der Waals surface area contributed by atoms with Crippen LogP contribution in [0.5, 0.6) is 0 Å². The number of thiazole rings is 1. The minimum Gasteiger partial charge on any atom is -0.314 e. The van der Waals surface area contributed by atoms with Crippen LogP contribution in [0.2, 0.25) is 0 Å². The first kappa shape index (κ1) is 19.7. The fraction of sp³-hybridized carbons (Fsp3) is 0.182. The Hall–Kier alpha value is -3.99. The van der Waals surface area contributed by atoms with E-state index in [0.29, 0.717) is 11.6 Å². The molecule has 0 amide bonds. The van der Waals surface area contributed by atoms with Gasteiger partial charge in [-0.2, -0.15) is 5.10 Å². The van der Waals surface area contributed by atoms with Crippen LogP contribution in [0.1, 0.15) is 31.0 Å². The highest BCUT2D eigenvalue weighted by Crippen LogP contribution is 2.44. The third-order valence-electron chi connectivity index (χ3n) is 5.70. The molecule has 6 rings (SSSR count). The summed E-state index contributed by atoms with van der Waals surface area (Å²) in [6.45, 7) is 3.99. The second-order valence-corrected chi connectivity index (χ2v) is 8.50. The van der Waals surface area contributed by atoms with Gasteiger partial charge in [0.1, 0.15) is 28.0 Å². The van der Waals surface area contributed by atoms with E-state index in [1.807, 2.05) is 16.9 Å². The molecule has 0 spiro atoms. The number of hydrogen-bond donors (Lipinski definition) is 1. The van der Waals surface area contributed by atoms with Gasteiger partial charge in [-0.3, -0.25) is 9.67 Å². The number of H-pyrrole nitrogens is 1. The molecule has 1 aliphatic heterocycles. The smallest absolute Gasteiger partial charge is 0.165 e. The summed E-state index contributed by atoms with van der Waals surface area (Å²) >= 11 is 1.51. The van der Waals surface area contributed by atoms with E-state index in [2.05, 4.69) is 42.2 Å². The van der Waals surface area contributed by atoms with Crippen LogP contribution in [0.3, 0.4) is 0 Å². The number of aryl methyl sites for hydroxylation is 1. The Kier molecular flexibility index (Phi) is 4.50. The largest absolute Gasteiger partial charge is 0.314 e. The van der Waals surface area contributed by atoms with Crippen LogP contribution < -0.4 is 4.90 Å². The van der Waals surface area contributed by atoms with Gasteiger partial charge in [-0.05, 0) is 37.6 Å². The van der Waals surface area contributed by atoms with Gasteiger partial charge in [-0.25, -0.2) is 19.3 Å². The van der Waals surface area contributed by atoms with Crippen LogP contribution in [-0.4, -0.2) is 39.9 Å². The van der Waals surface area contributed by atoms with Gasteiger partial charge >= 0.3 is 0 Å². The maximum atomic E-state index is 13.7. The zero-order chi connectivity index (χ0) is 22.5. The van der Waals surface area contributed by atoms with Crippen LogP contribution in [0.15, 0.2) is 48.2 Å². The van der Waals surface area contributed by atoms with Crippen LogP contribution >= 0.6 is 11.3 Å². The van der Waals surface area contributed by atoms with Crippen molar-refractivity contribution in [3.63, 3.8) is 0 Å². The van der Waals surface area contributed by atoms with E-state index in [-0.39, 0.29) is 11.9 Å². The highest BCUT2D eigenvalue weighted by molar-refractivity contribution is 7.13. The van der Waals surface area contributed by atoms with Gasteiger partial charge in [0.2, 0.25) is 0 Å². The minimum atomic E-state index is -0.294. The first-order valence-electron chi connectivity index (χ1n) is 10.4. The van der Waals surface area contributed by atoms with E-state index >= 15 is 0 Å². The summed E-state index contributed by atoms with van der Waals surface area (Å²) in [5.41, 5.74) is 3.10. The third kappa shape index (κ3) is 3.04. The first-order chi connectivity index (χ1) is 16.2. The third-order valence-corrected chi connectivity index (χ3v) is 6.49. The Bertz CT molecular complexity index is 1440. The molecule has 1 N–H and O–H groups in total. The van der Waals surface area contributed by atoms with E-state index in [1.54, 1.807) is 30.7 Å². The summed E-state index contributed by atoms with van der Waals surface area (Å²) in [7, 11) is 0. The van der Waals surface area contributed by atoms with E-state index < -0.39 is 0 Å². The molecule has 11 heteroatoms. The fourth-order valence-corrected chi connectivity index (χ4v) is 4.87. The zero-order valence-corrected chi connectivity index (χ0v) is 18.6. The molecule has 0 radical (unpaired) electrons. The number of rotatable bonds is 4. The maximum Gasteiger partial charge on any atom is 0.165 e. The number of nitrogens with zero attached hydrogens (tertiary/aromatic N) is 8. The molecule has 5 aromatic rings. The van der Waals surface area contributed by atoms with Crippen molar-refractivity contribution >= 4 is 22.8 Å². The average Bonchev–Trinajstić information content (AvgIpc) is 3.59. The molecule has 1 aliphatic rings. The number of hydrogen-bond acceptors (Lipinski definition) is 8. The van der Waals surface area contributed by atoms with E-state index in [1.165, 1.54) is 23.5 Å². The second kappa shape index (κ2) is 7.55. The number of aromatic nitrogens is 8. The van der Waals surface area contributed by atoms with Crippen molar-refractivity contribution in [1.82, 2.24) is 39.9 Å². The Morgan fingerprint density at radius 1 is 1.12 bits per heavy atom. The molecular formula is C22H18FN9S. The van der Waals surface area contributed by atoms with Crippen LogP contribution in [0.4, 0.5) is 15.9 Å². The second-order valence-electron chi connectivity index (χ2n) is 7.61. The van der Waals surface area contributed by atoms with Crippen molar-refractivity contribution < 1.29 is 4.39 Å². The molecule has 33 heavy (non-hydrogen) atoms. The topological polar surface area (TPSA) is 101 Å². The monoisotopic (exact) mass is 459 g/mol. The number of benzene rings is 1. The van der Waals surface area contributed by atoms with Crippen LogP contribution in [0.25, 0.3) is 27.8 Å². The van der Waals surface area contributed by atoms with E-state index in [9.17, 15) is 4.39 Å². The molecule has 0 fully saturated rings. The molecule has 5 heterocycles. The number of nitrogens with one attached hydrogen (secondary N) is 1. The summed E-state index contributed by atoms with van der Waals surface area (Å²) in [6, 6.07) is 6.27. The lowest BCUT2D eigenvalue weighted by Crippen LogP contribution is -2.32. The van der Waals surface area contributed by atoms with Gasteiger partial charge in [0, 0.05) is 17.3 Å².